The largest absolute Gasteiger partial charge is 0.477 e. The van der Waals surface area contributed by atoms with E-state index in [0.717, 1.165) is 32.2 Å². The fourth-order valence-electron chi connectivity index (χ4n) is 5.80. The molecule has 8 nitrogen and oxygen atoms in total. The van der Waals surface area contributed by atoms with Gasteiger partial charge in [0.15, 0.2) is 11.0 Å². The van der Waals surface area contributed by atoms with Crippen LogP contribution in [0.5, 0.6) is 11.9 Å². The zero-order valence-corrected chi connectivity index (χ0v) is 19.9. The molecule has 2 aromatic rings. The smallest absolute Gasteiger partial charge is 0.319 e. The summed E-state index contributed by atoms with van der Waals surface area (Å²) in [5.41, 5.74) is -0.345. The van der Waals surface area contributed by atoms with Gasteiger partial charge in [-0.05, 0) is 39.2 Å². The van der Waals surface area contributed by atoms with Gasteiger partial charge in [0.1, 0.15) is 29.5 Å². The molecule has 4 fully saturated rings. The molecule has 2 unspecified atom stereocenters. The van der Waals surface area contributed by atoms with Crippen LogP contribution < -0.4 is 14.4 Å². The number of alkyl halides is 1. The van der Waals surface area contributed by atoms with E-state index < -0.39 is 12.0 Å². The average Bonchev–Trinajstić information content (AvgIpc) is 3.42. The summed E-state index contributed by atoms with van der Waals surface area (Å²) in [6.45, 7) is 5.07. The van der Waals surface area contributed by atoms with Crippen molar-refractivity contribution in [3.05, 3.63) is 11.0 Å². The summed E-state index contributed by atoms with van der Waals surface area (Å²) in [4.78, 5) is 17.6. The first-order valence-corrected chi connectivity index (χ1v) is 12.5. The predicted octanol–water partition coefficient (Wildman–Crippen LogP) is 3.54. The molecule has 6 rings (SSSR count). The SMILES string of the molecule is CCOc1nc(Cl)c(F)c2nc(OC[C@@]34CCCN3C[C@H](F)C4)nc(N3CCCOC4CC43)c12. The van der Waals surface area contributed by atoms with Gasteiger partial charge in [0.25, 0.3) is 0 Å². The van der Waals surface area contributed by atoms with Crippen LogP contribution >= 0.6 is 11.6 Å². The minimum absolute atomic E-state index is 0.0152. The zero-order valence-electron chi connectivity index (χ0n) is 19.1. The van der Waals surface area contributed by atoms with Gasteiger partial charge in [-0.15, -0.1) is 0 Å². The van der Waals surface area contributed by atoms with Gasteiger partial charge < -0.3 is 19.1 Å². The molecule has 0 amide bonds. The van der Waals surface area contributed by atoms with Crippen LogP contribution in [-0.2, 0) is 4.74 Å². The molecule has 0 spiro atoms. The first-order chi connectivity index (χ1) is 16.5. The highest BCUT2D eigenvalue weighted by atomic mass is 35.5. The molecule has 4 atom stereocenters. The second-order valence-electron chi connectivity index (χ2n) is 9.63. The van der Waals surface area contributed by atoms with Crippen molar-refractivity contribution in [2.45, 2.75) is 62.9 Å². The number of hydrogen-bond acceptors (Lipinski definition) is 8. The second-order valence-corrected chi connectivity index (χ2v) is 9.99. The van der Waals surface area contributed by atoms with Crippen LogP contribution in [0.15, 0.2) is 0 Å². The van der Waals surface area contributed by atoms with Crippen LogP contribution in [0.2, 0.25) is 5.15 Å². The van der Waals surface area contributed by atoms with Gasteiger partial charge in [-0.1, -0.05) is 11.6 Å². The first kappa shape index (κ1) is 22.4. The minimum Gasteiger partial charge on any atom is -0.477 e. The number of rotatable bonds is 6. The van der Waals surface area contributed by atoms with Gasteiger partial charge in [-0.3, -0.25) is 4.90 Å². The van der Waals surface area contributed by atoms with Crippen LogP contribution in [-0.4, -0.2) is 83.2 Å². The van der Waals surface area contributed by atoms with Gasteiger partial charge in [0.05, 0.1) is 24.3 Å². The minimum atomic E-state index is -0.864. The Balaban J connectivity index is 1.42. The van der Waals surface area contributed by atoms with Crippen molar-refractivity contribution in [2.75, 3.05) is 44.4 Å². The fraction of sp³-hybridized carbons (Fsp3) is 0.696. The summed E-state index contributed by atoms with van der Waals surface area (Å²) in [5.74, 6) is -0.0260. The Morgan fingerprint density at radius 2 is 2.09 bits per heavy atom. The summed E-state index contributed by atoms with van der Waals surface area (Å²) in [6, 6.07) is 0.199. The number of ether oxygens (including phenoxy) is 3. The Morgan fingerprint density at radius 3 is 2.94 bits per heavy atom. The Hall–Kier alpha value is -2.04. The molecule has 184 valence electrons. The van der Waals surface area contributed by atoms with Crippen molar-refractivity contribution >= 4 is 28.3 Å². The average molecular weight is 496 g/mol. The molecular formula is C23H28ClF2N5O3. The second kappa shape index (κ2) is 8.57. The molecule has 1 saturated carbocycles. The predicted molar refractivity (Wildman–Crippen MR) is 122 cm³/mol. The Morgan fingerprint density at radius 1 is 1.21 bits per heavy atom. The lowest BCUT2D eigenvalue weighted by Gasteiger charge is -2.31. The number of aromatic nitrogens is 3. The van der Waals surface area contributed by atoms with E-state index in [4.69, 9.17) is 30.8 Å². The number of nitrogens with zero attached hydrogens (tertiary/aromatic N) is 5. The lowest BCUT2D eigenvalue weighted by atomic mass is 9.95. The topological polar surface area (TPSA) is 72.8 Å². The molecule has 34 heavy (non-hydrogen) atoms. The van der Waals surface area contributed by atoms with E-state index in [1.54, 1.807) is 0 Å². The van der Waals surface area contributed by atoms with Gasteiger partial charge >= 0.3 is 6.01 Å². The third-order valence-corrected chi connectivity index (χ3v) is 7.68. The molecule has 2 aromatic heterocycles. The molecule has 0 N–H and O–H groups in total. The van der Waals surface area contributed by atoms with Crippen LogP contribution in [0.1, 0.15) is 39.0 Å². The van der Waals surface area contributed by atoms with E-state index in [0.29, 0.717) is 43.9 Å². The van der Waals surface area contributed by atoms with Crippen LogP contribution in [0.4, 0.5) is 14.6 Å². The highest BCUT2D eigenvalue weighted by Crippen LogP contribution is 2.44. The first-order valence-electron chi connectivity index (χ1n) is 12.1. The molecule has 1 aliphatic carbocycles. The van der Waals surface area contributed by atoms with E-state index in [9.17, 15) is 4.39 Å². The monoisotopic (exact) mass is 495 g/mol. The number of fused-ring (bicyclic) bond motifs is 3. The summed E-state index contributed by atoms with van der Waals surface area (Å²) < 4.78 is 47.1. The molecule has 3 aliphatic heterocycles. The van der Waals surface area contributed by atoms with Crippen molar-refractivity contribution in [1.82, 2.24) is 19.9 Å². The molecule has 0 bridgehead atoms. The highest BCUT2D eigenvalue weighted by molar-refractivity contribution is 6.30. The van der Waals surface area contributed by atoms with E-state index >= 15 is 4.39 Å². The number of hydrogen-bond donors (Lipinski definition) is 0. The van der Waals surface area contributed by atoms with Gasteiger partial charge in [0.2, 0.25) is 5.88 Å². The van der Waals surface area contributed by atoms with Gasteiger partial charge in [0, 0.05) is 26.1 Å². The van der Waals surface area contributed by atoms with E-state index in [-0.39, 0.29) is 46.9 Å². The van der Waals surface area contributed by atoms with Gasteiger partial charge in [-0.2, -0.15) is 15.0 Å². The summed E-state index contributed by atoms with van der Waals surface area (Å²) in [6.07, 6.45) is 3.26. The van der Waals surface area contributed by atoms with Gasteiger partial charge in [-0.25, -0.2) is 8.78 Å². The van der Waals surface area contributed by atoms with Crippen LogP contribution in [0.25, 0.3) is 10.9 Å². The third-order valence-electron chi connectivity index (χ3n) is 7.43. The summed E-state index contributed by atoms with van der Waals surface area (Å²) in [7, 11) is 0. The maximum absolute atomic E-state index is 15.2. The number of pyridine rings is 1. The van der Waals surface area contributed by atoms with Crippen LogP contribution in [0.3, 0.4) is 0 Å². The highest BCUT2D eigenvalue weighted by Gasteiger charge is 2.50. The van der Waals surface area contributed by atoms with Crippen LogP contribution in [0, 0.1) is 5.82 Å². The molecule has 4 aliphatic rings. The Bertz CT molecular complexity index is 1110. The third kappa shape index (κ3) is 3.74. The van der Waals surface area contributed by atoms with Crippen molar-refractivity contribution in [3.63, 3.8) is 0 Å². The maximum atomic E-state index is 15.2. The Kier molecular flexibility index (Phi) is 5.65. The zero-order chi connectivity index (χ0) is 23.4. The molecular weight excluding hydrogens is 468 g/mol. The van der Waals surface area contributed by atoms with Crippen molar-refractivity contribution in [2.24, 2.45) is 0 Å². The maximum Gasteiger partial charge on any atom is 0.319 e. The van der Waals surface area contributed by atoms with E-state index in [1.165, 1.54) is 0 Å². The molecule has 5 heterocycles. The molecule has 3 saturated heterocycles. The number of halogens is 3. The molecule has 0 aromatic carbocycles. The quantitative estimate of drug-likeness (QED) is 0.563. The van der Waals surface area contributed by atoms with Crippen molar-refractivity contribution in [3.8, 4) is 11.9 Å². The van der Waals surface area contributed by atoms with Crippen molar-refractivity contribution < 1.29 is 23.0 Å². The lowest BCUT2D eigenvalue weighted by Crippen LogP contribution is -2.43. The van der Waals surface area contributed by atoms with E-state index in [2.05, 4.69) is 19.8 Å². The molecule has 0 radical (unpaired) electrons. The fourth-order valence-corrected chi connectivity index (χ4v) is 5.97. The van der Waals surface area contributed by atoms with Crippen molar-refractivity contribution in [1.29, 1.82) is 0 Å². The number of anilines is 1. The normalized spacial score (nSPS) is 30.8. The molecule has 11 heteroatoms. The summed E-state index contributed by atoms with van der Waals surface area (Å²) in [5, 5.41) is 0.0701. The lowest BCUT2D eigenvalue weighted by molar-refractivity contribution is 0.107. The summed E-state index contributed by atoms with van der Waals surface area (Å²) >= 11 is 6.10. The standard InChI is InChI=1S/C23H28ClF2N5O3/c1-2-32-21-16-18(17(26)19(24)28-21)27-22(29-20(16)31-7-4-8-33-15-9-14(15)31)34-12-23-5-3-6-30(23)11-13(25)10-23/h13-15H,2-12H2,1H3/t13-,14?,15?,23+/m1/s1. The Labute approximate surface area is 201 Å². The van der Waals surface area contributed by atoms with E-state index in [1.807, 2.05) is 6.92 Å².